The van der Waals surface area contributed by atoms with Gasteiger partial charge in [-0.2, -0.15) is 0 Å². The number of fused-ring (bicyclic) bond motifs is 1. The molecular formula is C14H10BrClO2S. The van der Waals surface area contributed by atoms with Crippen molar-refractivity contribution in [3.63, 3.8) is 0 Å². The van der Waals surface area contributed by atoms with Crippen molar-refractivity contribution in [1.82, 2.24) is 0 Å². The second kappa shape index (κ2) is 4.94. The Morgan fingerprint density at radius 1 is 1.37 bits per heavy atom. The van der Waals surface area contributed by atoms with Crippen LogP contribution >= 0.6 is 38.9 Å². The maximum absolute atomic E-state index is 10.4. The number of para-hydroxylation sites is 1. The number of hydrogen-bond donors (Lipinski definition) is 1. The molecule has 2 heterocycles. The number of aliphatic hydroxyl groups excluding tert-OH is 1. The lowest BCUT2D eigenvalue weighted by atomic mass is 10.2. The van der Waals surface area contributed by atoms with Gasteiger partial charge < -0.3 is 9.52 Å². The van der Waals surface area contributed by atoms with E-state index in [4.69, 9.17) is 16.0 Å². The maximum Gasteiger partial charge on any atom is 0.153 e. The van der Waals surface area contributed by atoms with Gasteiger partial charge in [0.2, 0.25) is 0 Å². The van der Waals surface area contributed by atoms with E-state index in [-0.39, 0.29) is 0 Å². The number of aliphatic hydroxyl groups is 1. The Morgan fingerprint density at radius 3 is 2.79 bits per heavy atom. The van der Waals surface area contributed by atoms with Gasteiger partial charge >= 0.3 is 0 Å². The minimum Gasteiger partial charge on any atom is -0.456 e. The first-order valence-electron chi connectivity index (χ1n) is 5.68. The second-order valence-corrected chi connectivity index (χ2v) is 6.81. The standard InChI is InChI=1S/C14H10BrClO2S/c1-7-9(15)6-12(19-7)13(17)11-5-8-3-2-4-10(16)14(8)18-11/h2-6,13,17H,1H3. The van der Waals surface area contributed by atoms with Crippen molar-refractivity contribution in [2.24, 2.45) is 0 Å². The lowest BCUT2D eigenvalue weighted by molar-refractivity contribution is 0.196. The van der Waals surface area contributed by atoms with Gasteiger partial charge in [-0.1, -0.05) is 23.7 Å². The topological polar surface area (TPSA) is 33.4 Å². The Hall–Kier alpha value is -0.810. The summed E-state index contributed by atoms with van der Waals surface area (Å²) in [6, 6.07) is 9.29. The monoisotopic (exact) mass is 356 g/mol. The van der Waals surface area contributed by atoms with E-state index in [1.165, 1.54) is 0 Å². The van der Waals surface area contributed by atoms with E-state index in [9.17, 15) is 5.11 Å². The zero-order chi connectivity index (χ0) is 13.6. The number of hydrogen-bond acceptors (Lipinski definition) is 3. The van der Waals surface area contributed by atoms with E-state index in [1.54, 1.807) is 17.4 Å². The summed E-state index contributed by atoms with van der Waals surface area (Å²) in [4.78, 5) is 1.97. The van der Waals surface area contributed by atoms with Gasteiger partial charge in [0.05, 0.1) is 5.02 Å². The molecule has 1 N–H and O–H groups in total. The predicted molar refractivity (Wildman–Crippen MR) is 82.0 cm³/mol. The molecule has 0 radical (unpaired) electrons. The van der Waals surface area contributed by atoms with E-state index < -0.39 is 6.10 Å². The first-order chi connectivity index (χ1) is 9.06. The van der Waals surface area contributed by atoms with Crippen LogP contribution in [-0.2, 0) is 0 Å². The molecular weight excluding hydrogens is 348 g/mol. The third-order valence-corrected chi connectivity index (χ3v) is 5.42. The summed E-state index contributed by atoms with van der Waals surface area (Å²) in [7, 11) is 0. The van der Waals surface area contributed by atoms with Crippen LogP contribution in [0.5, 0.6) is 0 Å². The number of halogens is 2. The highest BCUT2D eigenvalue weighted by atomic mass is 79.9. The number of rotatable bonds is 2. The third-order valence-electron chi connectivity index (χ3n) is 2.93. The Bertz CT molecular complexity index is 728. The highest BCUT2D eigenvalue weighted by Gasteiger charge is 2.19. The lowest BCUT2D eigenvalue weighted by Crippen LogP contribution is -1.93. The highest BCUT2D eigenvalue weighted by molar-refractivity contribution is 9.10. The van der Waals surface area contributed by atoms with Crippen molar-refractivity contribution >= 4 is 49.8 Å². The van der Waals surface area contributed by atoms with Crippen molar-refractivity contribution in [2.75, 3.05) is 0 Å². The van der Waals surface area contributed by atoms with Gasteiger partial charge in [-0.3, -0.25) is 0 Å². The van der Waals surface area contributed by atoms with Crippen LogP contribution < -0.4 is 0 Å². The van der Waals surface area contributed by atoms with Crippen molar-refractivity contribution in [3.8, 4) is 0 Å². The third kappa shape index (κ3) is 2.34. The fourth-order valence-electron chi connectivity index (χ4n) is 1.94. The van der Waals surface area contributed by atoms with E-state index >= 15 is 0 Å². The minimum absolute atomic E-state index is 0.511. The molecule has 0 aliphatic carbocycles. The van der Waals surface area contributed by atoms with Gasteiger partial charge in [-0.15, -0.1) is 11.3 Å². The van der Waals surface area contributed by atoms with Crippen LogP contribution in [0.1, 0.15) is 21.6 Å². The first-order valence-corrected chi connectivity index (χ1v) is 7.67. The van der Waals surface area contributed by atoms with Gasteiger partial charge in [-0.25, -0.2) is 0 Å². The van der Waals surface area contributed by atoms with E-state index in [2.05, 4.69) is 15.9 Å². The quantitative estimate of drug-likeness (QED) is 0.675. The fourth-order valence-corrected chi connectivity index (χ4v) is 3.71. The zero-order valence-corrected chi connectivity index (χ0v) is 13.1. The van der Waals surface area contributed by atoms with Crippen LogP contribution in [0.25, 0.3) is 11.0 Å². The van der Waals surface area contributed by atoms with E-state index in [0.717, 1.165) is 19.6 Å². The van der Waals surface area contributed by atoms with Gasteiger partial charge in [0, 0.05) is 19.6 Å². The molecule has 19 heavy (non-hydrogen) atoms. The van der Waals surface area contributed by atoms with Crippen molar-refractivity contribution in [3.05, 3.63) is 55.3 Å². The van der Waals surface area contributed by atoms with Crippen LogP contribution in [0.15, 0.2) is 39.2 Å². The van der Waals surface area contributed by atoms with E-state index in [0.29, 0.717) is 16.4 Å². The van der Waals surface area contributed by atoms with E-state index in [1.807, 2.05) is 31.2 Å². The van der Waals surface area contributed by atoms with Gasteiger partial charge in [-0.05, 0) is 41.1 Å². The molecule has 0 saturated carbocycles. The number of aryl methyl sites for hydroxylation is 1. The Kier molecular flexibility index (Phi) is 3.43. The number of benzene rings is 1. The second-order valence-electron chi connectivity index (χ2n) is 4.26. The fraction of sp³-hybridized carbons (Fsp3) is 0.143. The summed E-state index contributed by atoms with van der Waals surface area (Å²) in [5.74, 6) is 0.511. The van der Waals surface area contributed by atoms with Gasteiger partial charge in [0.1, 0.15) is 11.9 Å². The van der Waals surface area contributed by atoms with Crippen LogP contribution in [-0.4, -0.2) is 5.11 Å². The van der Waals surface area contributed by atoms with Crippen LogP contribution in [0.3, 0.4) is 0 Å². The molecule has 0 fully saturated rings. The molecule has 1 atom stereocenters. The van der Waals surface area contributed by atoms with Crippen LogP contribution in [0.4, 0.5) is 0 Å². The summed E-state index contributed by atoms with van der Waals surface area (Å²) in [5, 5.41) is 11.8. The molecule has 0 spiro atoms. The zero-order valence-electron chi connectivity index (χ0n) is 9.98. The molecule has 0 saturated heterocycles. The molecule has 1 aromatic carbocycles. The van der Waals surface area contributed by atoms with Crippen LogP contribution in [0, 0.1) is 6.92 Å². The summed E-state index contributed by atoms with van der Waals surface area (Å²) < 4.78 is 6.67. The number of furan rings is 1. The SMILES string of the molecule is Cc1sc(C(O)c2cc3cccc(Cl)c3o2)cc1Br. The molecule has 3 rings (SSSR count). The van der Waals surface area contributed by atoms with Crippen molar-refractivity contribution < 1.29 is 9.52 Å². The molecule has 0 amide bonds. The summed E-state index contributed by atoms with van der Waals surface area (Å²) in [5.41, 5.74) is 0.616. The molecule has 2 aromatic heterocycles. The molecule has 5 heteroatoms. The minimum atomic E-state index is -0.765. The molecule has 0 bridgehead atoms. The Labute approximate surface area is 127 Å². The molecule has 0 aliphatic rings. The molecule has 3 aromatic rings. The molecule has 0 aliphatic heterocycles. The van der Waals surface area contributed by atoms with Crippen molar-refractivity contribution in [1.29, 1.82) is 0 Å². The molecule has 98 valence electrons. The summed E-state index contributed by atoms with van der Waals surface area (Å²) >= 11 is 11.1. The predicted octanol–water partition coefficient (Wildman–Crippen LogP) is 5.30. The first kappa shape index (κ1) is 13.2. The largest absolute Gasteiger partial charge is 0.456 e. The Balaban J connectivity index is 2.06. The molecule has 2 nitrogen and oxygen atoms in total. The molecule has 1 unspecified atom stereocenters. The van der Waals surface area contributed by atoms with Crippen molar-refractivity contribution in [2.45, 2.75) is 13.0 Å². The summed E-state index contributed by atoms with van der Waals surface area (Å²) in [6.45, 7) is 2.00. The number of thiophene rings is 1. The average molecular weight is 358 g/mol. The average Bonchev–Trinajstić information content (AvgIpc) is 2.94. The van der Waals surface area contributed by atoms with Crippen LogP contribution in [0.2, 0.25) is 5.02 Å². The lowest BCUT2D eigenvalue weighted by Gasteiger charge is -2.03. The highest BCUT2D eigenvalue weighted by Crippen LogP contribution is 2.36. The Morgan fingerprint density at radius 2 is 2.16 bits per heavy atom. The van der Waals surface area contributed by atoms with Gasteiger partial charge in [0.25, 0.3) is 0 Å². The smallest absolute Gasteiger partial charge is 0.153 e. The van der Waals surface area contributed by atoms with Gasteiger partial charge in [0.15, 0.2) is 5.58 Å². The normalized spacial score (nSPS) is 13.1. The maximum atomic E-state index is 10.4. The summed E-state index contributed by atoms with van der Waals surface area (Å²) in [6.07, 6.45) is -0.765.